The Morgan fingerprint density at radius 1 is 1.22 bits per heavy atom. The molecule has 1 saturated heterocycles. The van der Waals surface area contributed by atoms with Crippen LogP contribution >= 0.6 is 0 Å². The van der Waals surface area contributed by atoms with Gasteiger partial charge in [0.1, 0.15) is 0 Å². The quantitative estimate of drug-likeness (QED) is 0.488. The summed E-state index contributed by atoms with van der Waals surface area (Å²) in [5.41, 5.74) is -0.477. The monoisotopic (exact) mass is 399 g/mol. The van der Waals surface area contributed by atoms with Gasteiger partial charge in [-0.25, -0.2) is 8.42 Å². The van der Waals surface area contributed by atoms with Crippen LogP contribution in [0.1, 0.15) is 33.1 Å². The van der Waals surface area contributed by atoms with E-state index in [2.05, 4.69) is 0 Å². The van der Waals surface area contributed by atoms with Crippen molar-refractivity contribution in [2.75, 3.05) is 32.8 Å². The number of benzene rings is 1. The van der Waals surface area contributed by atoms with Crippen molar-refractivity contribution in [1.29, 1.82) is 0 Å². The second-order valence-electron chi connectivity index (χ2n) is 6.21. The van der Waals surface area contributed by atoms with Crippen LogP contribution in [0.4, 0.5) is 5.69 Å². The van der Waals surface area contributed by atoms with Crippen LogP contribution in [-0.4, -0.2) is 61.2 Å². The van der Waals surface area contributed by atoms with Gasteiger partial charge in [0.05, 0.1) is 9.82 Å². The summed E-state index contributed by atoms with van der Waals surface area (Å²) in [4.78, 5) is 24.3. The Bertz CT molecular complexity index is 786. The first-order valence-electron chi connectivity index (χ1n) is 9.00. The maximum atomic E-state index is 12.6. The van der Waals surface area contributed by atoms with Gasteiger partial charge in [-0.3, -0.25) is 14.9 Å². The largest absolute Gasteiger partial charge is 0.477 e. The summed E-state index contributed by atoms with van der Waals surface area (Å²) in [5.74, 6) is -0.354. The Hall–Kier alpha value is -2.20. The van der Waals surface area contributed by atoms with Gasteiger partial charge in [-0.1, -0.05) is 13.8 Å². The van der Waals surface area contributed by atoms with Crippen LogP contribution in [0.5, 0.6) is 5.75 Å². The SMILES string of the molecule is CCN(CC)S(=O)(=O)c1ccc(OCC(=O)N2CCCCC2)c([N+](=O)[O-])c1. The van der Waals surface area contributed by atoms with Crippen molar-refractivity contribution in [3.05, 3.63) is 28.3 Å². The zero-order valence-electron chi connectivity index (χ0n) is 15.6. The van der Waals surface area contributed by atoms with E-state index in [9.17, 15) is 23.3 Å². The predicted octanol–water partition coefficient (Wildman–Crippen LogP) is 2.02. The summed E-state index contributed by atoms with van der Waals surface area (Å²) in [6, 6.07) is 3.48. The molecule has 1 aromatic carbocycles. The summed E-state index contributed by atoms with van der Waals surface area (Å²) in [7, 11) is -3.82. The number of amides is 1. The molecule has 0 bridgehead atoms. The number of hydrogen-bond donors (Lipinski definition) is 0. The molecular weight excluding hydrogens is 374 g/mol. The summed E-state index contributed by atoms with van der Waals surface area (Å²) in [6.45, 7) is 4.91. The molecule has 1 amide bonds. The van der Waals surface area contributed by atoms with E-state index >= 15 is 0 Å². The highest BCUT2D eigenvalue weighted by molar-refractivity contribution is 7.89. The lowest BCUT2D eigenvalue weighted by atomic mass is 10.1. The lowest BCUT2D eigenvalue weighted by Crippen LogP contribution is -2.38. The number of ether oxygens (including phenoxy) is 1. The molecule has 0 atom stereocenters. The van der Waals surface area contributed by atoms with Crippen LogP contribution in [0.3, 0.4) is 0 Å². The number of carbonyl (C=O) groups excluding carboxylic acids is 1. The molecule has 0 spiro atoms. The number of piperidine rings is 1. The average Bonchev–Trinajstić information content (AvgIpc) is 2.67. The molecule has 2 rings (SSSR count). The van der Waals surface area contributed by atoms with Gasteiger partial charge in [-0.15, -0.1) is 0 Å². The maximum Gasteiger partial charge on any atom is 0.312 e. The molecule has 1 aliphatic heterocycles. The molecule has 0 aromatic heterocycles. The van der Waals surface area contributed by atoms with Crippen molar-refractivity contribution in [1.82, 2.24) is 9.21 Å². The number of nitro groups is 1. The van der Waals surface area contributed by atoms with E-state index in [1.807, 2.05) is 0 Å². The lowest BCUT2D eigenvalue weighted by molar-refractivity contribution is -0.386. The standard InChI is InChI=1S/C17H25N3O6S/c1-3-19(4-2)27(24,25)14-8-9-16(15(12-14)20(22)23)26-13-17(21)18-10-6-5-7-11-18/h8-9,12H,3-7,10-11,13H2,1-2H3. The van der Waals surface area contributed by atoms with Crippen LogP contribution in [0.2, 0.25) is 0 Å². The lowest BCUT2D eigenvalue weighted by Gasteiger charge is -2.26. The molecule has 1 aliphatic rings. The van der Waals surface area contributed by atoms with E-state index in [1.165, 1.54) is 16.4 Å². The van der Waals surface area contributed by atoms with E-state index in [0.717, 1.165) is 25.3 Å². The molecule has 0 radical (unpaired) electrons. The van der Waals surface area contributed by atoms with Crippen LogP contribution in [-0.2, 0) is 14.8 Å². The van der Waals surface area contributed by atoms with Crippen LogP contribution < -0.4 is 4.74 Å². The summed E-state index contributed by atoms with van der Waals surface area (Å²) < 4.78 is 31.7. The fraction of sp³-hybridized carbons (Fsp3) is 0.588. The molecule has 0 aliphatic carbocycles. The van der Waals surface area contributed by atoms with Gasteiger partial charge in [0, 0.05) is 32.2 Å². The highest BCUT2D eigenvalue weighted by atomic mass is 32.2. The smallest absolute Gasteiger partial charge is 0.312 e. The van der Waals surface area contributed by atoms with Gasteiger partial charge in [0.15, 0.2) is 12.4 Å². The highest BCUT2D eigenvalue weighted by Crippen LogP contribution is 2.31. The van der Waals surface area contributed by atoms with E-state index in [-0.39, 0.29) is 36.2 Å². The Morgan fingerprint density at radius 3 is 2.41 bits per heavy atom. The Morgan fingerprint density at radius 2 is 1.85 bits per heavy atom. The van der Waals surface area contributed by atoms with Gasteiger partial charge in [0.2, 0.25) is 10.0 Å². The molecule has 10 heteroatoms. The second-order valence-corrected chi connectivity index (χ2v) is 8.14. The van der Waals surface area contributed by atoms with E-state index in [0.29, 0.717) is 13.1 Å². The Kier molecular flexibility index (Phi) is 7.14. The topological polar surface area (TPSA) is 110 Å². The van der Waals surface area contributed by atoms with Crippen molar-refractivity contribution >= 4 is 21.6 Å². The van der Waals surface area contributed by atoms with Gasteiger partial charge in [-0.2, -0.15) is 4.31 Å². The Balaban J connectivity index is 2.20. The average molecular weight is 399 g/mol. The second kappa shape index (κ2) is 9.14. The van der Waals surface area contributed by atoms with Crippen molar-refractivity contribution in [2.24, 2.45) is 0 Å². The minimum absolute atomic E-state index is 0.121. The number of nitrogens with zero attached hydrogens (tertiary/aromatic N) is 3. The summed E-state index contributed by atoms with van der Waals surface area (Å²) >= 11 is 0. The van der Waals surface area contributed by atoms with Crippen LogP contribution in [0.25, 0.3) is 0 Å². The molecule has 0 N–H and O–H groups in total. The summed E-state index contributed by atoms with van der Waals surface area (Å²) in [6.07, 6.45) is 2.95. The number of hydrogen-bond acceptors (Lipinski definition) is 6. The first-order chi connectivity index (χ1) is 12.8. The van der Waals surface area contributed by atoms with E-state index in [4.69, 9.17) is 4.74 Å². The molecule has 9 nitrogen and oxygen atoms in total. The van der Waals surface area contributed by atoms with Crippen molar-refractivity contribution in [3.8, 4) is 5.75 Å². The third kappa shape index (κ3) is 4.95. The van der Waals surface area contributed by atoms with E-state index < -0.39 is 20.6 Å². The highest BCUT2D eigenvalue weighted by Gasteiger charge is 2.27. The predicted molar refractivity (Wildman–Crippen MR) is 99.1 cm³/mol. The zero-order valence-corrected chi connectivity index (χ0v) is 16.4. The number of rotatable bonds is 8. The van der Waals surface area contributed by atoms with Crippen LogP contribution in [0, 0.1) is 10.1 Å². The fourth-order valence-electron chi connectivity index (χ4n) is 3.01. The first-order valence-corrected chi connectivity index (χ1v) is 10.4. The molecule has 150 valence electrons. The van der Waals surface area contributed by atoms with Gasteiger partial charge >= 0.3 is 5.69 Å². The molecule has 1 fully saturated rings. The molecule has 1 aromatic rings. The minimum Gasteiger partial charge on any atom is -0.477 e. The molecular formula is C17H25N3O6S. The third-order valence-corrected chi connectivity index (χ3v) is 6.58. The van der Waals surface area contributed by atoms with E-state index in [1.54, 1.807) is 18.7 Å². The zero-order chi connectivity index (χ0) is 20.0. The number of likely N-dealkylation sites (tertiary alicyclic amines) is 1. The van der Waals surface area contributed by atoms with Crippen molar-refractivity contribution in [2.45, 2.75) is 38.0 Å². The Labute approximate surface area is 159 Å². The normalized spacial score (nSPS) is 15.0. The van der Waals surface area contributed by atoms with Crippen LogP contribution in [0.15, 0.2) is 23.1 Å². The molecule has 1 heterocycles. The fourth-order valence-corrected chi connectivity index (χ4v) is 4.49. The van der Waals surface area contributed by atoms with Gasteiger partial charge in [-0.05, 0) is 31.4 Å². The number of nitro benzene ring substituents is 1. The van der Waals surface area contributed by atoms with Crippen molar-refractivity contribution in [3.63, 3.8) is 0 Å². The maximum absolute atomic E-state index is 12.6. The number of sulfonamides is 1. The number of carbonyl (C=O) groups is 1. The molecule has 27 heavy (non-hydrogen) atoms. The molecule has 0 unspecified atom stereocenters. The van der Waals surface area contributed by atoms with Gasteiger partial charge in [0.25, 0.3) is 5.91 Å². The third-order valence-electron chi connectivity index (χ3n) is 4.53. The van der Waals surface area contributed by atoms with Crippen molar-refractivity contribution < 1.29 is 22.9 Å². The first kappa shape index (κ1) is 21.1. The van der Waals surface area contributed by atoms with Gasteiger partial charge < -0.3 is 9.64 Å². The minimum atomic E-state index is -3.82. The summed E-state index contributed by atoms with van der Waals surface area (Å²) in [5, 5.41) is 11.4. The molecule has 0 saturated carbocycles.